The van der Waals surface area contributed by atoms with Crippen molar-refractivity contribution in [2.75, 3.05) is 7.05 Å². The van der Waals surface area contributed by atoms with E-state index in [-0.39, 0.29) is 0 Å². The molecule has 0 bridgehead atoms. The molecular formula is C16H16INO2S. The molecule has 0 saturated carbocycles. The number of halogens is 1. The summed E-state index contributed by atoms with van der Waals surface area (Å²) in [6.07, 6.45) is 1.84. The third-order valence-corrected chi connectivity index (χ3v) is 6.21. The van der Waals surface area contributed by atoms with Crippen molar-refractivity contribution in [3.63, 3.8) is 0 Å². The van der Waals surface area contributed by atoms with E-state index in [0.29, 0.717) is 8.60 Å². The first-order valence-corrected chi connectivity index (χ1v) is 8.91. The molecular weight excluding hydrogens is 397 g/mol. The van der Waals surface area contributed by atoms with E-state index in [1.807, 2.05) is 65.9 Å². The highest BCUT2D eigenvalue weighted by Crippen LogP contribution is 2.24. The molecule has 3 nitrogen and oxygen atoms in total. The van der Waals surface area contributed by atoms with Gasteiger partial charge in [-0.3, -0.25) is 4.31 Å². The van der Waals surface area contributed by atoms with Crippen LogP contribution in [-0.4, -0.2) is 19.8 Å². The number of hydrogen-bond donors (Lipinski definition) is 0. The molecule has 2 aromatic rings. The minimum Gasteiger partial charge on any atom is -0.264 e. The van der Waals surface area contributed by atoms with Gasteiger partial charge in [0.2, 0.25) is 0 Å². The highest BCUT2D eigenvalue weighted by atomic mass is 127. The van der Waals surface area contributed by atoms with Crippen LogP contribution in [0.25, 0.3) is 6.08 Å². The Bertz CT molecular complexity index is 738. The molecule has 2 rings (SSSR count). The number of rotatable bonds is 4. The van der Waals surface area contributed by atoms with Crippen LogP contribution in [0.4, 0.5) is 0 Å². The van der Waals surface area contributed by atoms with Crippen molar-refractivity contribution in [2.24, 2.45) is 0 Å². The van der Waals surface area contributed by atoms with Crippen LogP contribution in [0.15, 0.2) is 63.2 Å². The Hall–Kier alpha value is -1.34. The average Bonchev–Trinajstić information content (AvgIpc) is 2.48. The van der Waals surface area contributed by atoms with Crippen molar-refractivity contribution in [1.82, 2.24) is 4.31 Å². The molecule has 0 heterocycles. The van der Waals surface area contributed by atoms with Crippen LogP contribution in [0.1, 0.15) is 11.1 Å². The quantitative estimate of drug-likeness (QED) is 0.560. The van der Waals surface area contributed by atoms with Crippen LogP contribution < -0.4 is 0 Å². The smallest absolute Gasteiger partial charge is 0.264 e. The van der Waals surface area contributed by atoms with Crippen molar-refractivity contribution >= 4 is 38.7 Å². The Kier molecular flexibility index (Phi) is 5.05. The highest BCUT2D eigenvalue weighted by Gasteiger charge is 2.21. The summed E-state index contributed by atoms with van der Waals surface area (Å²) in [6, 6.07) is 16.5. The molecule has 0 amide bonds. The molecule has 0 N–H and O–H groups in total. The number of sulfonamides is 1. The number of hydrogen-bond acceptors (Lipinski definition) is 2. The van der Waals surface area contributed by atoms with Gasteiger partial charge in [0.05, 0.1) is 8.60 Å². The minimum atomic E-state index is -3.52. The Labute approximate surface area is 139 Å². The Morgan fingerprint density at radius 3 is 2.19 bits per heavy atom. The topological polar surface area (TPSA) is 37.4 Å². The maximum atomic E-state index is 12.6. The number of nitrogens with zero attached hydrogens (tertiary/aromatic N) is 1. The lowest BCUT2D eigenvalue weighted by Crippen LogP contribution is -2.24. The van der Waals surface area contributed by atoms with E-state index < -0.39 is 10.0 Å². The molecule has 0 fully saturated rings. The first kappa shape index (κ1) is 16.0. The molecule has 0 aromatic heterocycles. The molecule has 0 aliphatic carbocycles. The molecule has 0 radical (unpaired) electrons. The summed E-state index contributed by atoms with van der Waals surface area (Å²) in [6.45, 7) is 1.93. The monoisotopic (exact) mass is 413 g/mol. The normalized spacial score (nSPS) is 12.2. The van der Waals surface area contributed by atoms with E-state index >= 15 is 0 Å². The molecule has 5 heteroatoms. The fraction of sp³-hybridized carbons (Fsp3) is 0.125. The van der Waals surface area contributed by atoms with Gasteiger partial charge in [0.15, 0.2) is 0 Å². The zero-order valence-corrected chi connectivity index (χ0v) is 14.8. The first-order valence-electron chi connectivity index (χ1n) is 6.39. The summed E-state index contributed by atoms with van der Waals surface area (Å²) in [5.41, 5.74) is 2.00. The van der Waals surface area contributed by atoms with Crippen LogP contribution in [0, 0.1) is 6.92 Å². The van der Waals surface area contributed by atoms with Crippen LogP contribution in [0.3, 0.4) is 0 Å². The van der Waals surface area contributed by atoms with E-state index in [9.17, 15) is 8.42 Å². The summed E-state index contributed by atoms with van der Waals surface area (Å²) in [5.74, 6) is 0. The molecule has 0 atom stereocenters. The summed E-state index contributed by atoms with van der Waals surface area (Å²) >= 11 is 2.04. The Morgan fingerprint density at radius 1 is 1.05 bits per heavy atom. The summed E-state index contributed by atoms with van der Waals surface area (Å²) < 4.78 is 27.0. The molecule has 0 saturated heterocycles. The van der Waals surface area contributed by atoms with Crippen molar-refractivity contribution in [3.8, 4) is 0 Å². The third-order valence-electron chi connectivity index (χ3n) is 3.07. The third kappa shape index (κ3) is 3.85. The van der Waals surface area contributed by atoms with Crippen molar-refractivity contribution in [1.29, 1.82) is 0 Å². The van der Waals surface area contributed by atoms with Gasteiger partial charge in [0, 0.05) is 7.05 Å². The molecule has 21 heavy (non-hydrogen) atoms. The summed E-state index contributed by atoms with van der Waals surface area (Å²) in [5, 5.41) is 0. The largest absolute Gasteiger partial charge is 0.264 e. The van der Waals surface area contributed by atoms with Gasteiger partial charge < -0.3 is 0 Å². The van der Waals surface area contributed by atoms with E-state index in [1.54, 1.807) is 31.3 Å². The predicted octanol–water partition coefficient (Wildman–Crippen LogP) is 4.05. The fourth-order valence-corrected chi connectivity index (χ4v) is 3.98. The van der Waals surface area contributed by atoms with Gasteiger partial charge in [-0.1, -0.05) is 48.0 Å². The van der Waals surface area contributed by atoms with Gasteiger partial charge >= 0.3 is 0 Å². The lowest BCUT2D eigenvalue weighted by atomic mass is 10.2. The maximum absolute atomic E-state index is 12.6. The number of benzene rings is 2. The molecule has 0 spiro atoms. The average molecular weight is 413 g/mol. The van der Waals surface area contributed by atoms with Gasteiger partial charge in [0.1, 0.15) is 0 Å². The first-order chi connectivity index (χ1) is 9.91. The van der Waals surface area contributed by atoms with E-state index in [2.05, 4.69) is 0 Å². The van der Waals surface area contributed by atoms with Gasteiger partial charge in [0.25, 0.3) is 10.0 Å². The second-order valence-corrected chi connectivity index (χ2v) is 7.74. The SMILES string of the molecule is Cc1ccc(S(=O)(=O)N(C)/C(I)=C\c2ccccc2)cc1. The molecule has 2 aromatic carbocycles. The van der Waals surface area contributed by atoms with Crippen molar-refractivity contribution in [2.45, 2.75) is 11.8 Å². The molecule has 110 valence electrons. The highest BCUT2D eigenvalue weighted by molar-refractivity contribution is 14.1. The van der Waals surface area contributed by atoms with Crippen LogP contribution in [0.5, 0.6) is 0 Å². The summed E-state index contributed by atoms with van der Waals surface area (Å²) in [7, 11) is -1.95. The molecule has 0 aliphatic rings. The van der Waals surface area contributed by atoms with Crippen molar-refractivity contribution in [3.05, 3.63) is 69.4 Å². The van der Waals surface area contributed by atoms with Crippen LogP contribution in [-0.2, 0) is 10.0 Å². The molecule has 0 aliphatic heterocycles. The van der Waals surface area contributed by atoms with Gasteiger partial charge in [-0.25, -0.2) is 8.42 Å². The Balaban J connectivity index is 2.32. The Morgan fingerprint density at radius 2 is 1.62 bits per heavy atom. The zero-order valence-electron chi connectivity index (χ0n) is 11.8. The van der Waals surface area contributed by atoms with Gasteiger partial charge in [-0.2, -0.15) is 0 Å². The van der Waals surface area contributed by atoms with Gasteiger partial charge in [-0.05, 0) is 53.3 Å². The second kappa shape index (κ2) is 6.62. The second-order valence-electron chi connectivity index (χ2n) is 4.66. The maximum Gasteiger partial charge on any atom is 0.264 e. The van der Waals surface area contributed by atoms with E-state index in [0.717, 1.165) is 11.1 Å². The predicted molar refractivity (Wildman–Crippen MR) is 94.6 cm³/mol. The van der Waals surface area contributed by atoms with Crippen LogP contribution in [0.2, 0.25) is 0 Å². The zero-order chi connectivity index (χ0) is 15.5. The van der Waals surface area contributed by atoms with E-state index in [4.69, 9.17) is 0 Å². The fourth-order valence-electron chi connectivity index (χ4n) is 1.76. The number of aryl methyl sites for hydroxylation is 1. The molecule has 0 unspecified atom stereocenters. The summed E-state index contributed by atoms with van der Waals surface area (Å²) in [4.78, 5) is 0.297. The van der Waals surface area contributed by atoms with Gasteiger partial charge in [-0.15, -0.1) is 0 Å². The standard InChI is InChI=1S/C16H16INO2S/c1-13-8-10-15(11-9-13)21(19,20)18(2)16(17)12-14-6-4-3-5-7-14/h3-12H,1-2H3/b16-12-. The lowest BCUT2D eigenvalue weighted by Gasteiger charge is -2.19. The van der Waals surface area contributed by atoms with Crippen LogP contribution >= 0.6 is 22.6 Å². The van der Waals surface area contributed by atoms with E-state index in [1.165, 1.54) is 4.31 Å². The minimum absolute atomic E-state index is 0.297. The lowest BCUT2D eigenvalue weighted by molar-refractivity contribution is 0.538. The van der Waals surface area contributed by atoms with Crippen molar-refractivity contribution < 1.29 is 8.42 Å².